The lowest BCUT2D eigenvalue weighted by atomic mass is 10.2. The Bertz CT molecular complexity index is 565. The Morgan fingerprint density at radius 3 is 2.75 bits per heavy atom. The van der Waals surface area contributed by atoms with Crippen molar-refractivity contribution in [1.82, 2.24) is 4.31 Å². The number of methoxy groups -OCH3 is 1. The van der Waals surface area contributed by atoms with E-state index in [1.165, 1.54) is 4.31 Å². The number of nitrogens with zero attached hydrogens (tertiary/aromatic N) is 1. The maximum Gasteiger partial charge on any atom is 0.243 e. The summed E-state index contributed by atoms with van der Waals surface area (Å²) in [6, 6.07) is 4.99. The molecule has 112 valence electrons. The molecule has 0 aliphatic carbocycles. The van der Waals surface area contributed by atoms with Crippen molar-refractivity contribution in [2.75, 3.05) is 27.3 Å². The fraction of sp³-hybridized carbons (Fsp3) is 0.571. The van der Waals surface area contributed by atoms with Gasteiger partial charge in [0.2, 0.25) is 10.0 Å². The van der Waals surface area contributed by atoms with Crippen molar-refractivity contribution >= 4 is 10.0 Å². The second-order valence-electron chi connectivity index (χ2n) is 5.05. The van der Waals surface area contributed by atoms with Crippen molar-refractivity contribution < 1.29 is 17.9 Å². The van der Waals surface area contributed by atoms with Crippen LogP contribution in [0.3, 0.4) is 0 Å². The van der Waals surface area contributed by atoms with Gasteiger partial charge in [-0.2, -0.15) is 4.31 Å². The summed E-state index contributed by atoms with van der Waals surface area (Å²) in [6.07, 6.45) is 1.93. The Morgan fingerprint density at radius 1 is 1.45 bits per heavy atom. The van der Waals surface area contributed by atoms with Gasteiger partial charge in [-0.3, -0.25) is 0 Å². The first-order chi connectivity index (χ1) is 9.45. The van der Waals surface area contributed by atoms with E-state index >= 15 is 0 Å². The average molecular weight is 299 g/mol. The van der Waals surface area contributed by atoms with Gasteiger partial charge in [0.15, 0.2) is 0 Å². The summed E-state index contributed by atoms with van der Waals surface area (Å²) < 4.78 is 37.1. The van der Waals surface area contributed by atoms with E-state index in [-0.39, 0.29) is 6.10 Å². The highest BCUT2D eigenvalue weighted by Gasteiger charge is 2.27. The smallest absolute Gasteiger partial charge is 0.243 e. The first-order valence-electron chi connectivity index (χ1n) is 6.67. The number of ether oxygens (including phenoxy) is 2. The SMILES string of the molecule is COc1ccc(S(=O)(=O)N(C)CC2CCCO2)c(C)c1. The fourth-order valence-electron chi connectivity index (χ4n) is 2.38. The molecular formula is C14H21NO4S. The molecule has 0 spiro atoms. The van der Waals surface area contributed by atoms with Crippen LogP contribution in [0.15, 0.2) is 23.1 Å². The minimum absolute atomic E-state index is 0.00771. The molecule has 6 heteroatoms. The normalized spacial score (nSPS) is 19.5. The molecule has 1 aliphatic heterocycles. The van der Waals surface area contributed by atoms with Crippen LogP contribution in [0.25, 0.3) is 0 Å². The third kappa shape index (κ3) is 3.13. The summed E-state index contributed by atoms with van der Waals surface area (Å²) in [5.74, 6) is 0.656. The van der Waals surface area contributed by atoms with E-state index < -0.39 is 10.0 Å². The molecule has 0 N–H and O–H groups in total. The Morgan fingerprint density at radius 2 is 2.20 bits per heavy atom. The average Bonchev–Trinajstić information content (AvgIpc) is 2.91. The largest absolute Gasteiger partial charge is 0.497 e. The van der Waals surface area contributed by atoms with Crippen LogP contribution >= 0.6 is 0 Å². The van der Waals surface area contributed by atoms with Crippen LogP contribution in [0.5, 0.6) is 5.75 Å². The molecule has 1 aliphatic rings. The topological polar surface area (TPSA) is 55.8 Å². The maximum atomic E-state index is 12.6. The Labute approximate surface area is 120 Å². The number of rotatable bonds is 5. The lowest BCUT2D eigenvalue weighted by molar-refractivity contribution is 0.0979. The van der Waals surface area contributed by atoms with Crippen LogP contribution < -0.4 is 4.74 Å². The van der Waals surface area contributed by atoms with Gasteiger partial charge in [0.05, 0.1) is 18.1 Å². The minimum Gasteiger partial charge on any atom is -0.497 e. The van der Waals surface area contributed by atoms with Gasteiger partial charge in [-0.25, -0.2) is 8.42 Å². The molecule has 0 saturated carbocycles. The van der Waals surface area contributed by atoms with Crippen molar-refractivity contribution in [2.45, 2.75) is 30.8 Å². The Hall–Kier alpha value is -1.11. The van der Waals surface area contributed by atoms with Crippen LogP contribution in [-0.4, -0.2) is 46.1 Å². The zero-order chi connectivity index (χ0) is 14.8. The molecule has 20 heavy (non-hydrogen) atoms. The molecule has 1 heterocycles. The molecule has 1 unspecified atom stereocenters. The summed E-state index contributed by atoms with van der Waals surface area (Å²) in [4.78, 5) is 0.318. The first-order valence-corrected chi connectivity index (χ1v) is 8.11. The summed E-state index contributed by atoms with van der Waals surface area (Å²) >= 11 is 0. The number of sulfonamides is 1. The lowest BCUT2D eigenvalue weighted by Crippen LogP contribution is -2.34. The summed E-state index contributed by atoms with van der Waals surface area (Å²) in [5, 5.41) is 0. The second-order valence-corrected chi connectivity index (χ2v) is 7.07. The van der Waals surface area contributed by atoms with E-state index in [9.17, 15) is 8.42 Å². The van der Waals surface area contributed by atoms with Crippen LogP contribution in [0, 0.1) is 6.92 Å². The lowest BCUT2D eigenvalue weighted by Gasteiger charge is -2.21. The first kappa shape index (κ1) is 15.3. The molecule has 1 saturated heterocycles. The zero-order valence-corrected chi connectivity index (χ0v) is 12.9. The monoisotopic (exact) mass is 299 g/mol. The van der Waals surface area contributed by atoms with Gasteiger partial charge in [0, 0.05) is 20.2 Å². The Balaban J connectivity index is 2.20. The van der Waals surface area contributed by atoms with Crippen molar-refractivity contribution in [1.29, 1.82) is 0 Å². The van der Waals surface area contributed by atoms with E-state index in [1.54, 1.807) is 39.3 Å². The third-order valence-electron chi connectivity index (χ3n) is 3.56. The quantitative estimate of drug-likeness (QED) is 0.832. The fourth-order valence-corrected chi connectivity index (χ4v) is 3.78. The maximum absolute atomic E-state index is 12.6. The molecule has 1 fully saturated rings. The molecule has 5 nitrogen and oxygen atoms in total. The van der Waals surface area contributed by atoms with E-state index in [0.29, 0.717) is 22.8 Å². The zero-order valence-electron chi connectivity index (χ0n) is 12.1. The molecule has 1 atom stereocenters. The van der Waals surface area contributed by atoms with Crippen molar-refractivity contribution in [3.8, 4) is 5.75 Å². The predicted octanol–water partition coefficient (Wildman–Crippen LogP) is 1.80. The van der Waals surface area contributed by atoms with Crippen LogP contribution in [0.2, 0.25) is 0 Å². The molecule has 0 aromatic heterocycles. The highest BCUT2D eigenvalue weighted by atomic mass is 32.2. The summed E-state index contributed by atoms with van der Waals surface area (Å²) in [5.41, 5.74) is 0.684. The molecule has 0 radical (unpaired) electrons. The van der Waals surface area contributed by atoms with Crippen molar-refractivity contribution in [3.63, 3.8) is 0 Å². The van der Waals surface area contributed by atoms with Gasteiger partial charge in [-0.05, 0) is 43.5 Å². The number of benzene rings is 1. The van der Waals surface area contributed by atoms with Gasteiger partial charge in [-0.15, -0.1) is 0 Å². The van der Waals surface area contributed by atoms with Gasteiger partial charge in [0.25, 0.3) is 0 Å². The number of likely N-dealkylation sites (N-methyl/N-ethyl adjacent to an activating group) is 1. The van der Waals surface area contributed by atoms with Gasteiger partial charge in [-0.1, -0.05) is 0 Å². The molecule has 0 bridgehead atoms. The number of aryl methyl sites for hydroxylation is 1. The summed E-state index contributed by atoms with van der Waals surface area (Å²) in [7, 11) is -0.324. The van der Waals surface area contributed by atoms with Crippen molar-refractivity contribution in [3.05, 3.63) is 23.8 Å². The van der Waals surface area contributed by atoms with Crippen LogP contribution in [-0.2, 0) is 14.8 Å². The van der Waals surface area contributed by atoms with Gasteiger partial charge < -0.3 is 9.47 Å². The van der Waals surface area contributed by atoms with Gasteiger partial charge >= 0.3 is 0 Å². The molecule has 1 aromatic rings. The van der Waals surface area contributed by atoms with E-state index in [1.807, 2.05) is 0 Å². The summed E-state index contributed by atoms with van der Waals surface area (Å²) in [6.45, 7) is 2.89. The Kier molecular flexibility index (Phi) is 4.67. The second kappa shape index (κ2) is 6.11. The highest BCUT2D eigenvalue weighted by molar-refractivity contribution is 7.89. The highest BCUT2D eigenvalue weighted by Crippen LogP contribution is 2.24. The van der Waals surface area contributed by atoms with E-state index in [0.717, 1.165) is 19.4 Å². The molecular weight excluding hydrogens is 278 g/mol. The standard InChI is InChI=1S/C14H21NO4S/c1-11-9-12(18-3)6-7-14(11)20(16,17)15(2)10-13-5-4-8-19-13/h6-7,9,13H,4-5,8,10H2,1-3H3. The van der Waals surface area contributed by atoms with E-state index in [4.69, 9.17) is 9.47 Å². The minimum atomic E-state index is -3.48. The van der Waals surface area contributed by atoms with Crippen molar-refractivity contribution in [2.24, 2.45) is 0 Å². The molecule has 0 amide bonds. The van der Waals surface area contributed by atoms with Crippen LogP contribution in [0.4, 0.5) is 0 Å². The predicted molar refractivity (Wildman–Crippen MR) is 76.5 cm³/mol. The number of hydrogen-bond acceptors (Lipinski definition) is 4. The molecule has 2 rings (SSSR count). The van der Waals surface area contributed by atoms with E-state index in [2.05, 4.69) is 0 Å². The number of hydrogen-bond donors (Lipinski definition) is 0. The van der Waals surface area contributed by atoms with Gasteiger partial charge in [0.1, 0.15) is 5.75 Å². The molecule has 1 aromatic carbocycles. The third-order valence-corrected chi connectivity index (χ3v) is 5.54. The van der Waals surface area contributed by atoms with Crippen LogP contribution in [0.1, 0.15) is 18.4 Å².